The normalized spacial score (nSPS) is 27.5. The first-order valence-electron chi connectivity index (χ1n) is 9.48. The number of halogens is 3. The standard InChI is InChI=1S/C18H27F3N2O6/c1-17(2,3)29-16(26)23-11-4-5-14(27-9-11)15(25)22-8-13(24)10-6-12(7-10)28-18(19,20)21/h10-12,14H,4-9H2,1-3H3,(H,22,25)(H,23,26)/t10?,11-,12?,14+/m1/s1. The van der Waals surface area contributed by atoms with Gasteiger partial charge in [0, 0.05) is 5.92 Å². The van der Waals surface area contributed by atoms with Gasteiger partial charge in [-0.1, -0.05) is 0 Å². The number of alkyl halides is 3. The third-order valence-electron chi connectivity index (χ3n) is 4.58. The number of hydrogen-bond acceptors (Lipinski definition) is 6. The largest absolute Gasteiger partial charge is 0.522 e. The Hall–Kier alpha value is -1.88. The summed E-state index contributed by atoms with van der Waals surface area (Å²) in [4.78, 5) is 35.8. The Labute approximate surface area is 166 Å². The maximum absolute atomic E-state index is 12.1. The summed E-state index contributed by atoms with van der Waals surface area (Å²) in [5, 5.41) is 5.13. The van der Waals surface area contributed by atoms with Crippen LogP contribution in [0.15, 0.2) is 0 Å². The highest BCUT2D eigenvalue weighted by Crippen LogP contribution is 2.35. The van der Waals surface area contributed by atoms with Gasteiger partial charge in [-0.05, 0) is 46.5 Å². The molecule has 0 radical (unpaired) electrons. The molecule has 1 aliphatic heterocycles. The van der Waals surface area contributed by atoms with Crippen LogP contribution in [0.25, 0.3) is 0 Å². The van der Waals surface area contributed by atoms with E-state index in [2.05, 4.69) is 15.4 Å². The van der Waals surface area contributed by atoms with E-state index in [1.165, 1.54) is 0 Å². The van der Waals surface area contributed by atoms with Crippen molar-refractivity contribution in [1.29, 1.82) is 0 Å². The van der Waals surface area contributed by atoms with Crippen LogP contribution in [0, 0.1) is 5.92 Å². The maximum atomic E-state index is 12.1. The van der Waals surface area contributed by atoms with E-state index in [1.54, 1.807) is 20.8 Å². The molecular formula is C18H27F3N2O6. The van der Waals surface area contributed by atoms with Crippen molar-refractivity contribution in [3.05, 3.63) is 0 Å². The first-order chi connectivity index (χ1) is 13.3. The third-order valence-corrected chi connectivity index (χ3v) is 4.58. The lowest BCUT2D eigenvalue weighted by atomic mass is 9.79. The van der Waals surface area contributed by atoms with E-state index in [0.717, 1.165) is 0 Å². The monoisotopic (exact) mass is 424 g/mol. The van der Waals surface area contributed by atoms with Gasteiger partial charge in [-0.25, -0.2) is 4.79 Å². The summed E-state index contributed by atoms with van der Waals surface area (Å²) in [6.45, 7) is 5.11. The van der Waals surface area contributed by atoms with Crippen molar-refractivity contribution in [3.8, 4) is 0 Å². The molecule has 1 heterocycles. The summed E-state index contributed by atoms with van der Waals surface area (Å²) >= 11 is 0. The fraction of sp³-hybridized carbons (Fsp3) is 0.833. The minimum atomic E-state index is -4.71. The Morgan fingerprint density at radius 2 is 1.76 bits per heavy atom. The van der Waals surface area contributed by atoms with E-state index >= 15 is 0 Å². The van der Waals surface area contributed by atoms with Crippen molar-refractivity contribution < 1.29 is 41.8 Å². The summed E-state index contributed by atoms with van der Waals surface area (Å²) in [5.74, 6) is -1.34. The van der Waals surface area contributed by atoms with E-state index in [4.69, 9.17) is 9.47 Å². The Morgan fingerprint density at radius 1 is 1.10 bits per heavy atom. The SMILES string of the molecule is CC(C)(C)OC(=O)N[C@@H]1CC[C@@H](C(=O)NCC(=O)C2CC(OC(F)(F)F)C2)OC1. The van der Waals surface area contributed by atoms with Crippen LogP contribution in [0.4, 0.5) is 18.0 Å². The van der Waals surface area contributed by atoms with Gasteiger partial charge in [0.1, 0.15) is 11.7 Å². The summed E-state index contributed by atoms with van der Waals surface area (Å²) in [5.41, 5.74) is -0.617. The molecule has 29 heavy (non-hydrogen) atoms. The van der Waals surface area contributed by atoms with Gasteiger partial charge in [0.25, 0.3) is 0 Å². The molecule has 2 amide bonds. The fourth-order valence-corrected chi connectivity index (χ4v) is 3.09. The first-order valence-corrected chi connectivity index (χ1v) is 9.48. The molecule has 2 rings (SSSR count). The number of ether oxygens (including phenoxy) is 3. The molecule has 0 unspecified atom stereocenters. The highest BCUT2D eigenvalue weighted by atomic mass is 19.4. The number of ketones is 1. The highest BCUT2D eigenvalue weighted by Gasteiger charge is 2.42. The van der Waals surface area contributed by atoms with Crippen LogP contribution >= 0.6 is 0 Å². The average Bonchev–Trinajstić information content (AvgIpc) is 2.53. The molecule has 2 N–H and O–H groups in total. The van der Waals surface area contributed by atoms with E-state index < -0.39 is 42.1 Å². The number of hydrogen-bond donors (Lipinski definition) is 2. The smallest absolute Gasteiger partial charge is 0.444 e. The van der Waals surface area contributed by atoms with Gasteiger partial charge in [0.15, 0.2) is 5.78 Å². The molecule has 2 aliphatic rings. The van der Waals surface area contributed by atoms with E-state index in [0.29, 0.717) is 12.8 Å². The number of alkyl carbamates (subject to hydrolysis) is 1. The molecule has 11 heteroatoms. The Balaban J connectivity index is 1.62. The number of carbonyl (C=O) groups excluding carboxylic acids is 3. The van der Waals surface area contributed by atoms with E-state index in [9.17, 15) is 27.6 Å². The van der Waals surface area contributed by atoms with Gasteiger partial charge in [-0.3, -0.25) is 14.3 Å². The number of rotatable bonds is 6. The Morgan fingerprint density at radius 3 is 2.28 bits per heavy atom. The molecule has 166 valence electrons. The minimum Gasteiger partial charge on any atom is -0.444 e. The average molecular weight is 424 g/mol. The Bertz CT molecular complexity index is 606. The van der Waals surface area contributed by atoms with E-state index in [1.807, 2.05) is 0 Å². The zero-order valence-corrected chi connectivity index (χ0v) is 16.6. The van der Waals surface area contributed by atoms with Crippen LogP contribution in [0.1, 0.15) is 46.5 Å². The van der Waals surface area contributed by atoms with Gasteiger partial charge in [0.05, 0.1) is 25.3 Å². The first kappa shape index (κ1) is 23.4. The summed E-state index contributed by atoms with van der Waals surface area (Å²) in [6.07, 6.45) is -6.18. The molecule has 0 spiro atoms. The van der Waals surface area contributed by atoms with Crippen LogP contribution in [0.5, 0.6) is 0 Å². The van der Waals surface area contributed by atoms with Crippen LogP contribution in [0.2, 0.25) is 0 Å². The predicted octanol–water partition coefficient (Wildman–Crippen LogP) is 2.06. The van der Waals surface area contributed by atoms with Crippen molar-refractivity contribution >= 4 is 17.8 Å². The second-order valence-corrected chi connectivity index (χ2v) is 8.28. The highest BCUT2D eigenvalue weighted by molar-refractivity contribution is 5.89. The van der Waals surface area contributed by atoms with Crippen LogP contribution in [-0.4, -0.2) is 61.1 Å². The molecule has 1 saturated carbocycles. The molecule has 0 aromatic carbocycles. The summed E-state index contributed by atoms with van der Waals surface area (Å²) in [7, 11) is 0. The zero-order valence-electron chi connectivity index (χ0n) is 16.6. The lowest BCUT2D eigenvalue weighted by Crippen LogP contribution is -2.49. The summed E-state index contributed by atoms with van der Waals surface area (Å²) in [6, 6.07) is -0.281. The van der Waals surface area contributed by atoms with Gasteiger partial charge < -0.3 is 20.1 Å². The number of amides is 2. The van der Waals surface area contributed by atoms with Gasteiger partial charge in [0.2, 0.25) is 5.91 Å². The van der Waals surface area contributed by atoms with Crippen LogP contribution in [-0.2, 0) is 23.8 Å². The number of nitrogens with one attached hydrogen (secondary N) is 2. The summed E-state index contributed by atoms with van der Waals surface area (Å²) < 4.78 is 50.7. The fourth-order valence-electron chi connectivity index (χ4n) is 3.09. The topological polar surface area (TPSA) is 103 Å². The molecule has 0 aromatic heterocycles. The number of carbonyl (C=O) groups is 3. The zero-order chi connectivity index (χ0) is 21.8. The molecule has 2 fully saturated rings. The van der Waals surface area contributed by atoms with Gasteiger partial charge in [-0.15, -0.1) is 13.2 Å². The third kappa shape index (κ3) is 8.17. The van der Waals surface area contributed by atoms with Crippen molar-refractivity contribution in [2.45, 2.75) is 76.7 Å². The molecule has 1 saturated heterocycles. The van der Waals surface area contributed by atoms with Crippen molar-refractivity contribution in [2.75, 3.05) is 13.2 Å². The predicted molar refractivity (Wildman–Crippen MR) is 93.8 cm³/mol. The Kier molecular flexibility index (Phi) is 7.50. The molecule has 2 atom stereocenters. The van der Waals surface area contributed by atoms with Crippen molar-refractivity contribution in [3.63, 3.8) is 0 Å². The number of Topliss-reactive ketones (excluding diaryl/α,β-unsaturated/α-hetero) is 1. The minimum absolute atomic E-state index is 0.00778. The van der Waals surface area contributed by atoms with Crippen molar-refractivity contribution in [1.82, 2.24) is 10.6 Å². The molecule has 1 aliphatic carbocycles. The molecule has 8 nitrogen and oxygen atoms in total. The van der Waals surface area contributed by atoms with Gasteiger partial charge >= 0.3 is 12.5 Å². The van der Waals surface area contributed by atoms with E-state index in [-0.39, 0.29) is 37.8 Å². The second kappa shape index (κ2) is 9.29. The maximum Gasteiger partial charge on any atom is 0.522 e. The van der Waals surface area contributed by atoms with Crippen LogP contribution < -0.4 is 10.6 Å². The van der Waals surface area contributed by atoms with Crippen LogP contribution in [0.3, 0.4) is 0 Å². The lowest BCUT2D eigenvalue weighted by Gasteiger charge is -2.34. The quantitative estimate of drug-likeness (QED) is 0.677. The molecule has 0 aromatic rings. The molecule has 0 bridgehead atoms. The second-order valence-electron chi connectivity index (χ2n) is 8.28. The van der Waals surface area contributed by atoms with Crippen molar-refractivity contribution in [2.24, 2.45) is 5.92 Å². The lowest BCUT2D eigenvalue weighted by molar-refractivity contribution is -0.353. The van der Waals surface area contributed by atoms with Gasteiger partial charge in [-0.2, -0.15) is 0 Å². The molecular weight excluding hydrogens is 397 g/mol.